The molecule has 0 saturated heterocycles. The van der Waals surface area contributed by atoms with Crippen molar-refractivity contribution < 1.29 is 9.90 Å². The standard InChI is InChI=1S/C17H24N2O2/c1-13(17(2,3)4)11-19-16(21)15-9-8-14(12-18-15)7-5-6-10-20/h8-9,12-13,20H,6,10-11H2,1-4H3,(H,19,21). The van der Waals surface area contributed by atoms with Crippen LogP contribution < -0.4 is 5.32 Å². The molecule has 1 heterocycles. The number of carbonyl (C=O) groups is 1. The van der Waals surface area contributed by atoms with Gasteiger partial charge in [0.25, 0.3) is 5.91 Å². The third-order valence-electron chi connectivity index (χ3n) is 3.51. The molecule has 0 fully saturated rings. The minimum absolute atomic E-state index is 0.0485. The normalized spacial score (nSPS) is 12.2. The second-order valence-corrected chi connectivity index (χ2v) is 6.18. The van der Waals surface area contributed by atoms with Crippen molar-refractivity contribution in [1.29, 1.82) is 0 Å². The van der Waals surface area contributed by atoms with Gasteiger partial charge in [0.1, 0.15) is 5.69 Å². The van der Waals surface area contributed by atoms with Gasteiger partial charge in [-0.05, 0) is 23.5 Å². The van der Waals surface area contributed by atoms with E-state index in [1.165, 1.54) is 0 Å². The number of aliphatic hydroxyl groups is 1. The van der Waals surface area contributed by atoms with Crippen molar-refractivity contribution in [3.8, 4) is 11.8 Å². The fourth-order valence-corrected chi connectivity index (χ4v) is 1.47. The smallest absolute Gasteiger partial charge is 0.269 e. The van der Waals surface area contributed by atoms with E-state index >= 15 is 0 Å². The van der Waals surface area contributed by atoms with Gasteiger partial charge in [-0.3, -0.25) is 4.79 Å². The number of nitrogens with one attached hydrogen (secondary N) is 1. The topological polar surface area (TPSA) is 62.2 Å². The Labute approximate surface area is 127 Å². The Morgan fingerprint density at radius 1 is 1.43 bits per heavy atom. The maximum absolute atomic E-state index is 12.0. The molecule has 114 valence electrons. The molecular weight excluding hydrogens is 264 g/mol. The third kappa shape index (κ3) is 5.97. The molecule has 1 amide bonds. The van der Waals surface area contributed by atoms with Crippen LogP contribution in [0.1, 0.15) is 50.2 Å². The average molecular weight is 288 g/mol. The van der Waals surface area contributed by atoms with Gasteiger partial charge in [0, 0.05) is 24.7 Å². The van der Waals surface area contributed by atoms with E-state index < -0.39 is 0 Å². The predicted molar refractivity (Wildman–Crippen MR) is 83.8 cm³/mol. The monoisotopic (exact) mass is 288 g/mol. The van der Waals surface area contributed by atoms with E-state index in [0.29, 0.717) is 24.6 Å². The summed E-state index contributed by atoms with van der Waals surface area (Å²) < 4.78 is 0. The van der Waals surface area contributed by atoms with Crippen LogP contribution in [0.3, 0.4) is 0 Å². The van der Waals surface area contributed by atoms with E-state index in [9.17, 15) is 4.79 Å². The van der Waals surface area contributed by atoms with Gasteiger partial charge in [0.2, 0.25) is 0 Å². The highest BCUT2D eigenvalue weighted by Crippen LogP contribution is 2.24. The van der Waals surface area contributed by atoms with Gasteiger partial charge in [-0.25, -0.2) is 4.98 Å². The Balaban J connectivity index is 2.58. The largest absolute Gasteiger partial charge is 0.395 e. The molecule has 21 heavy (non-hydrogen) atoms. The second-order valence-electron chi connectivity index (χ2n) is 6.18. The summed E-state index contributed by atoms with van der Waals surface area (Å²) in [6, 6.07) is 3.43. The van der Waals surface area contributed by atoms with E-state index in [-0.39, 0.29) is 17.9 Å². The summed E-state index contributed by atoms with van der Waals surface area (Å²) in [6.45, 7) is 9.26. The summed E-state index contributed by atoms with van der Waals surface area (Å²) in [5, 5.41) is 11.6. The van der Waals surface area contributed by atoms with Crippen LogP contribution in [0, 0.1) is 23.2 Å². The highest BCUT2D eigenvalue weighted by Gasteiger charge is 2.20. The van der Waals surface area contributed by atoms with E-state index in [1.54, 1.807) is 18.3 Å². The van der Waals surface area contributed by atoms with Gasteiger partial charge in [-0.1, -0.05) is 39.5 Å². The van der Waals surface area contributed by atoms with Crippen molar-refractivity contribution in [2.75, 3.05) is 13.2 Å². The summed E-state index contributed by atoms with van der Waals surface area (Å²) in [5.74, 6) is 5.91. The molecule has 1 unspecified atom stereocenters. The molecule has 1 aromatic rings. The van der Waals surface area contributed by atoms with Crippen LogP contribution in [0.25, 0.3) is 0 Å². The molecule has 4 nitrogen and oxygen atoms in total. The molecule has 0 saturated carbocycles. The molecule has 2 N–H and O–H groups in total. The number of carbonyl (C=O) groups excluding carboxylic acids is 1. The molecule has 0 spiro atoms. The van der Waals surface area contributed by atoms with Crippen LogP contribution in [-0.2, 0) is 0 Å². The molecule has 0 bridgehead atoms. The summed E-state index contributed by atoms with van der Waals surface area (Å²) in [5.41, 5.74) is 1.29. The second kappa shape index (κ2) is 7.80. The van der Waals surface area contributed by atoms with Crippen LogP contribution in [0.5, 0.6) is 0 Å². The number of aliphatic hydroxyl groups excluding tert-OH is 1. The van der Waals surface area contributed by atoms with Crippen LogP contribution in [0.2, 0.25) is 0 Å². The van der Waals surface area contributed by atoms with Crippen molar-refractivity contribution in [3.05, 3.63) is 29.6 Å². The first-order chi connectivity index (χ1) is 9.84. The molecule has 4 heteroatoms. The Bertz CT molecular complexity index is 518. The predicted octanol–water partition coefficient (Wildman–Crippen LogP) is 2.23. The van der Waals surface area contributed by atoms with Crippen LogP contribution in [-0.4, -0.2) is 29.1 Å². The zero-order valence-corrected chi connectivity index (χ0v) is 13.2. The number of pyridine rings is 1. The lowest BCUT2D eigenvalue weighted by Crippen LogP contribution is -2.34. The van der Waals surface area contributed by atoms with Gasteiger partial charge in [0.15, 0.2) is 0 Å². The Morgan fingerprint density at radius 2 is 2.14 bits per heavy atom. The van der Waals surface area contributed by atoms with Crippen molar-refractivity contribution in [2.45, 2.75) is 34.1 Å². The molecule has 0 aliphatic carbocycles. The minimum Gasteiger partial charge on any atom is -0.395 e. The molecule has 1 aromatic heterocycles. The third-order valence-corrected chi connectivity index (χ3v) is 3.51. The van der Waals surface area contributed by atoms with E-state index in [4.69, 9.17) is 5.11 Å². The molecule has 1 rings (SSSR count). The number of hydrogen-bond acceptors (Lipinski definition) is 3. The van der Waals surface area contributed by atoms with Crippen LogP contribution in [0.15, 0.2) is 18.3 Å². The van der Waals surface area contributed by atoms with Gasteiger partial charge < -0.3 is 10.4 Å². The molecule has 0 aliphatic heterocycles. The maximum atomic E-state index is 12.0. The number of aromatic nitrogens is 1. The van der Waals surface area contributed by atoms with Crippen molar-refractivity contribution in [3.63, 3.8) is 0 Å². The van der Waals surface area contributed by atoms with Gasteiger partial charge in [0.05, 0.1) is 6.61 Å². The minimum atomic E-state index is -0.166. The lowest BCUT2D eigenvalue weighted by atomic mass is 9.82. The SMILES string of the molecule is CC(CNC(=O)c1ccc(C#CCCO)cn1)C(C)(C)C. The quantitative estimate of drug-likeness (QED) is 0.835. The number of hydrogen-bond donors (Lipinski definition) is 2. The van der Waals surface area contributed by atoms with E-state index in [0.717, 1.165) is 5.56 Å². The van der Waals surface area contributed by atoms with Gasteiger partial charge >= 0.3 is 0 Å². The number of nitrogens with zero attached hydrogens (tertiary/aromatic N) is 1. The van der Waals surface area contributed by atoms with E-state index in [2.05, 4.69) is 49.8 Å². The van der Waals surface area contributed by atoms with Crippen LogP contribution in [0.4, 0.5) is 0 Å². The zero-order valence-electron chi connectivity index (χ0n) is 13.2. The highest BCUT2D eigenvalue weighted by atomic mass is 16.2. The molecular formula is C17H24N2O2. The first-order valence-electron chi connectivity index (χ1n) is 7.18. The molecule has 1 atom stereocenters. The van der Waals surface area contributed by atoms with Crippen molar-refractivity contribution >= 4 is 5.91 Å². The fourth-order valence-electron chi connectivity index (χ4n) is 1.47. The number of amides is 1. The van der Waals surface area contributed by atoms with Crippen molar-refractivity contribution in [1.82, 2.24) is 10.3 Å². The zero-order chi connectivity index (χ0) is 15.9. The lowest BCUT2D eigenvalue weighted by molar-refractivity contribution is 0.0932. The fraction of sp³-hybridized carbons (Fsp3) is 0.529. The number of rotatable bonds is 4. The molecule has 0 radical (unpaired) electrons. The Hall–Kier alpha value is -1.86. The van der Waals surface area contributed by atoms with Gasteiger partial charge in [-0.2, -0.15) is 0 Å². The first kappa shape index (κ1) is 17.2. The summed E-state index contributed by atoms with van der Waals surface area (Å²) in [7, 11) is 0. The van der Waals surface area contributed by atoms with Crippen LogP contribution >= 0.6 is 0 Å². The molecule has 0 aliphatic rings. The Morgan fingerprint density at radius 3 is 2.67 bits per heavy atom. The average Bonchev–Trinajstić information content (AvgIpc) is 2.44. The molecule has 0 aromatic carbocycles. The maximum Gasteiger partial charge on any atom is 0.269 e. The Kier molecular flexibility index (Phi) is 6.39. The van der Waals surface area contributed by atoms with Crippen molar-refractivity contribution in [2.24, 2.45) is 11.3 Å². The summed E-state index contributed by atoms with van der Waals surface area (Å²) in [4.78, 5) is 16.1. The lowest BCUT2D eigenvalue weighted by Gasteiger charge is -2.27. The van der Waals surface area contributed by atoms with Gasteiger partial charge in [-0.15, -0.1) is 0 Å². The van der Waals surface area contributed by atoms with E-state index in [1.807, 2.05) is 0 Å². The summed E-state index contributed by atoms with van der Waals surface area (Å²) >= 11 is 0. The first-order valence-corrected chi connectivity index (χ1v) is 7.18. The summed E-state index contributed by atoms with van der Waals surface area (Å²) in [6.07, 6.45) is 2.01. The highest BCUT2D eigenvalue weighted by molar-refractivity contribution is 5.92.